The van der Waals surface area contributed by atoms with Crippen molar-refractivity contribution >= 4 is 33.0 Å². The first kappa shape index (κ1) is 22.5. The smallest absolute Gasteiger partial charge is 0.242 e. The van der Waals surface area contributed by atoms with Gasteiger partial charge in [-0.25, -0.2) is 22.7 Å². The average Bonchev–Trinajstić information content (AvgIpc) is 3.29. The summed E-state index contributed by atoms with van der Waals surface area (Å²) in [4.78, 5) is 12.0. The van der Waals surface area contributed by atoms with Crippen molar-refractivity contribution in [2.24, 2.45) is 0 Å². The molecule has 0 saturated carbocycles. The molecule has 174 valence electrons. The number of thiophene rings is 1. The number of hydrogen-bond donors (Lipinski definition) is 1. The molecule has 1 aliphatic rings. The first-order valence-electron chi connectivity index (χ1n) is 10.8. The van der Waals surface area contributed by atoms with Crippen LogP contribution in [0.5, 0.6) is 5.75 Å². The topological polar surface area (TPSA) is 84.4 Å². The van der Waals surface area contributed by atoms with Crippen LogP contribution < -0.4 is 10.1 Å². The lowest BCUT2D eigenvalue weighted by Crippen LogP contribution is -2.22. The number of anilines is 2. The molecule has 0 aliphatic heterocycles. The lowest BCUT2D eigenvalue weighted by atomic mass is 9.96. The molecule has 1 N–H and O–H groups in total. The molecule has 9 heteroatoms. The Balaban J connectivity index is 1.43. The molecule has 2 aromatic heterocycles. The zero-order valence-corrected chi connectivity index (χ0v) is 20.7. The molecule has 2 aromatic carbocycles. The molecule has 0 fully saturated rings. The number of benzene rings is 2. The van der Waals surface area contributed by atoms with Crippen LogP contribution in [-0.4, -0.2) is 43.9 Å². The highest BCUT2D eigenvalue weighted by Crippen LogP contribution is 2.42. The summed E-state index contributed by atoms with van der Waals surface area (Å²) in [5.41, 5.74) is 5.05. The van der Waals surface area contributed by atoms with Crippen molar-refractivity contribution in [2.45, 2.75) is 17.7 Å². The van der Waals surface area contributed by atoms with Gasteiger partial charge in [0.2, 0.25) is 16.0 Å². The maximum Gasteiger partial charge on any atom is 0.242 e. The van der Waals surface area contributed by atoms with Gasteiger partial charge < -0.3 is 10.1 Å². The van der Waals surface area contributed by atoms with Crippen molar-refractivity contribution < 1.29 is 13.2 Å². The average molecular weight is 493 g/mol. The van der Waals surface area contributed by atoms with Gasteiger partial charge in [-0.2, -0.15) is 0 Å². The summed E-state index contributed by atoms with van der Waals surface area (Å²) in [6.45, 7) is 0. The van der Waals surface area contributed by atoms with E-state index in [1.165, 1.54) is 28.2 Å². The highest BCUT2D eigenvalue weighted by atomic mass is 32.2. The van der Waals surface area contributed by atoms with Gasteiger partial charge in [0.25, 0.3) is 0 Å². The number of sulfonamides is 1. The predicted molar refractivity (Wildman–Crippen MR) is 135 cm³/mol. The van der Waals surface area contributed by atoms with E-state index in [1.807, 2.05) is 24.4 Å². The van der Waals surface area contributed by atoms with Crippen molar-refractivity contribution in [1.82, 2.24) is 14.3 Å². The van der Waals surface area contributed by atoms with Gasteiger partial charge >= 0.3 is 0 Å². The SMILES string of the molecule is COc1cccc(-c2cc3c(s2)CCc2cnc(Nc4ccc(S(=O)(=O)N(C)C)cc4)nc2-3)c1. The second-order valence-electron chi connectivity index (χ2n) is 8.18. The Morgan fingerprint density at radius 2 is 1.85 bits per heavy atom. The van der Waals surface area contributed by atoms with Gasteiger partial charge in [0.1, 0.15) is 5.75 Å². The molecule has 4 aromatic rings. The molecule has 1 aliphatic carbocycles. The van der Waals surface area contributed by atoms with E-state index in [4.69, 9.17) is 9.72 Å². The molecular weight excluding hydrogens is 468 g/mol. The van der Waals surface area contributed by atoms with Crippen molar-refractivity contribution in [1.29, 1.82) is 0 Å². The normalized spacial score (nSPS) is 12.8. The zero-order chi connectivity index (χ0) is 23.9. The van der Waals surface area contributed by atoms with Crippen molar-refractivity contribution in [3.63, 3.8) is 0 Å². The number of nitrogens with zero attached hydrogens (tertiary/aromatic N) is 3. The van der Waals surface area contributed by atoms with Crippen LogP contribution in [0.1, 0.15) is 10.4 Å². The van der Waals surface area contributed by atoms with Crippen molar-refractivity contribution in [3.8, 4) is 27.4 Å². The molecule has 34 heavy (non-hydrogen) atoms. The Kier molecular flexibility index (Phi) is 5.85. The van der Waals surface area contributed by atoms with E-state index in [2.05, 4.69) is 22.4 Å². The first-order valence-corrected chi connectivity index (χ1v) is 13.0. The quantitative estimate of drug-likeness (QED) is 0.409. The van der Waals surface area contributed by atoms with Crippen LogP contribution in [0.25, 0.3) is 21.7 Å². The molecule has 0 radical (unpaired) electrons. The molecule has 0 saturated heterocycles. The summed E-state index contributed by atoms with van der Waals surface area (Å²) >= 11 is 1.79. The molecule has 0 bridgehead atoms. The van der Waals surface area contributed by atoms with Gasteiger partial charge in [-0.15, -0.1) is 11.3 Å². The molecule has 2 heterocycles. The van der Waals surface area contributed by atoms with E-state index in [9.17, 15) is 8.42 Å². The van der Waals surface area contributed by atoms with Crippen LogP contribution >= 0.6 is 11.3 Å². The largest absolute Gasteiger partial charge is 0.497 e. The number of hydrogen-bond acceptors (Lipinski definition) is 7. The third-order valence-corrected chi connectivity index (χ3v) is 8.87. The summed E-state index contributed by atoms with van der Waals surface area (Å²) in [5, 5.41) is 3.20. The third-order valence-electron chi connectivity index (χ3n) is 5.79. The van der Waals surface area contributed by atoms with Gasteiger partial charge in [0, 0.05) is 41.3 Å². The molecule has 0 unspecified atom stereocenters. The highest BCUT2D eigenvalue weighted by molar-refractivity contribution is 7.89. The minimum Gasteiger partial charge on any atom is -0.497 e. The highest BCUT2D eigenvalue weighted by Gasteiger charge is 2.22. The number of rotatable bonds is 6. The Morgan fingerprint density at radius 1 is 1.06 bits per heavy atom. The second kappa shape index (κ2) is 8.83. The monoisotopic (exact) mass is 492 g/mol. The lowest BCUT2D eigenvalue weighted by Gasteiger charge is -2.16. The molecular formula is C25H24N4O3S2. The Hall–Kier alpha value is -3.27. The fourth-order valence-electron chi connectivity index (χ4n) is 3.91. The summed E-state index contributed by atoms with van der Waals surface area (Å²) in [5.74, 6) is 1.31. The van der Waals surface area contributed by atoms with E-state index in [0.717, 1.165) is 46.7 Å². The molecule has 7 nitrogen and oxygen atoms in total. The Labute approximate surface area is 203 Å². The number of aromatic nitrogens is 2. The van der Waals surface area contributed by atoms with Crippen LogP contribution in [0.4, 0.5) is 11.6 Å². The van der Waals surface area contributed by atoms with Gasteiger partial charge in [-0.3, -0.25) is 0 Å². The van der Waals surface area contributed by atoms with E-state index in [-0.39, 0.29) is 4.90 Å². The minimum atomic E-state index is -3.47. The number of fused-ring (bicyclic) bond motifs is 3. The van der Waals surface area contributed by atoms with Gasteiger partial charge in [0.15, 0.2) is 0 Å². The number of methoxy groups -OCH3 is 1. The third kappa shape index (κ3) is 4.18. The summed E-state index contributed by atoms with van der Waals surface area (Å²) < 4.78 is 31.2. The standard InChI is InChI=1S/C25H24N4O3S2/c1-29(2)34(30,31)20-10-8-18(9-11-20)27-25-26-15-17-7-12-22-21(24(17)28-25)14-23(33-22)16-5-4-6-19(13-16)32-3/h4-6,8-11,13-15H,7,12H2,1-3H3,(H,26,27,28). The lowest BCUT2D eigenvalue weighted by molar-refractivity contribution is 0.415. The van der Waals surface area contributed by atoms with E-state index >= 15 is 0 Å². The van der Waals surface area contributed by atoms with Crippen LogP contribution in [-0.2, 0) is 22.9 Å². The van der Waals surface area contributed by atoms with Crippen molar-refractivity contribution in [3.05, 3.63) is 71.2 Å². The molecule has 0 spiro atoms. The molecule has 0 amide bonds. The maximum atomic E-state index is 12.3. The van der Waals surface area contributed by atoms with E-state index < -0.39 is 10.0 Å². The van der Waals surface area contributed by atoms with Gasteiger partial charge in [-0.1, -0.05) is 12.1 Å². The van der Waals surface area contributed by atoms with Crippen molar-refractivity contribution in [2.75, 3.05) is 26.5 Å². The Bertz CT molecular complexity index is 1460. The Morgan fingerprint density at radius 3 is 2.59 bits per heavy atom. The summed E-state index contributed by atoms with van der Waals surface area (Å²) in [7, 11) is 1.24. The van der Waals surface area contributed by atoms with Crippen LogP contribution in [0.2, 0.25) is 0 Å². The summed E-state index contributed by atoms with van der Waals surface area (Å²) in [6.07, 6.45) is 3.74. The van der Waals surface area contributed by atoms with Crippen LogP contribution in [0.3, 0.4) is 0 Å². The number of nitrogens with one attached hydrogen (secondary N) is 1. The second-order valence-corrected chi connectivity index (χ2v) is 11.5. The summed E-state index contributed by atoms with van der Waals surface area (Å²) in [6, 6.07) is 16.9. The van der Waals surface area contributed by atoms with E-state index in [1.54, 1.807) is 42.7 Å². The molecule has 0 atom stereocenters. The fraction of sp³-hybridized carbons (Fsp3) is 0.200. The first-order chi connectivity index (χ1) is 16.3. The number of aryl methyl sites for hydroxylation is 2. The minimum absolute atomic E-state index is 0.238. The van der Waals surface area contributed by atoms with Gasteiger partial charge in [0.05, 0.1) is 17.7 Å². The molecule has 5 rings (SSSR count). The van der Waals surface area contributed by atoms with E-state index in [0.29, 0.717) is 5.95 Å². The predicted octanol–water partition coefficient (Wildman–Crippen LogP) is 4.97. The van der Waals surface area contributed by atoms with Crippen LogP contribution in [0, 0.1) is 0 Å². The zero-order valence-electron chi connectivity index (χ0n) is 19.1. The number of ether oxygens (including phenoxy) is 1. The van der Waals surface area contributed by atoms with Gasteiger partial charge in [-0.05, 0) is 66.4 Å². The fourth-order valence-corrected chi connectivity index (χ4v) is 5.97. The van der Waals surface area contributed by atoms with Crippen LogP contribution in [0.15, 0.2) is 65.7 Å². The maximum absolute atomic E-state index is 12.3.